The molecule has 0 saturated carbocycles. The van der Waals surface area contributed by atoms with Crippen molar-refractivity contribution < 1.29 is 4.74 Å². The Morgan fingerprint density at radius 3 is 2.88 bits per heavy atom. The molecule has 1 N–H and O–H groups in total. The summed E-state index contributed by atoms with van der Waals surface area (Å²) < 4.78 is 5.09. The van der Waals surface area contributed by atoms with E-state index in [2.05, 4.69) is 12.2 Å². The minimum atomic E-state index is 0.221. The monoisotopic (exact) mass is 272 g/mol. The Hall–Kier alpha value is -0.840. The topological polar surface area (TPSA) is 24.5 Å². The molecule has 0 bridgehead atoms. The zero-order valence-electron chi connectivity index (χ0n) is 10.2. The predicted octanol–water partition coefficient (Wildman–Crippen LogP) is 3.00. The lowest BCUT2D eigenvalue weighted by molar-refractivity contribution is 0.146. The zero-order valence-corrected chi connectivity index (χ0v) is 11.8. The van der Waals surface area contributed by atoms with Crippen molar-refractivity contribution in [3.8, 4) is 0 Å². The summed E-state index contributed by atoms with van der Waals surface area (Å²) in [6, 6.07) is 7.69. The number of nitrogens with zero attached hydrogens (tertiary/aromatic N) is 1. The first-order valence-corrected chi connectivity index (χ1v) is 6.11. The van der Waals surface area contributed by atoms with Gasteiger partial charge in [-0.1, -0.05) is 17.7 Å². The first kappa shape index (κ1) is 14.2. The number of anilines is 1. The Morgan fingerprint density at radius 1 is 1.59 bits per heavy atom. The number of nitrogens with one attached hydrogen (secondary N) is 1. The second-order valence-corrected chi connectivity index (χ2v) is 4.68. The van der Waals surface area contributed by atoms with E-state index in [-0.39, 0.29) is 6.04 Å². The lowest BCUT2D eigenvalue weighted by Gasteiger charge is -2.27. The van der Waals surface area contributed by atoms with Crippen LogP contribution in [0.4, 0.5) is 5.69 Å². The molecule has 0 aliphatic heterocycles. The van der Waals surface area contributed by atoms with Crippen molar-refractivity contribution in [1.82, 2.24) is 4.90 Å². The van der Waals surface area contributed by atoms with Crippen LogP contribution in [0.25, 0.3) is 0 Å². The molecule has 0 aliphatic rings. The highest BCUT2D eigenvalue weighted by Crippen LogP contribution is 2.15. The molecule has 1 aromatic carbocycles. The maximum Gasteiger partial charge on any atom is 0.173 e. The molecular weight excluding hydrogens is 256 g/mol. The summed E-state index contributed by atoms with van der Waals surface area (Å²) in [7, 11) is 3.61. The summed E-state index contributed by atoms with van der Waals surface area (Å²) >= 11 is 11.2. The molecule has 1 aromatic rings. The van der Waals surface area contributed by atoms with Gasteiger partial charge in [-0.2, -0.15) is 0 Å². The average Bonchev–Trinajstić information content (AvgIpc) is 2.28. The zero-order chi connectivity index (χ0) is 12.8. The predicted molar refractivity (Wildman–Crippen MR) is 76.8 cm³/mol. The maximum atomic E-state index is 5.90. The van der Waals surface area contributed by atoms with E-state index in [4.69, 9.17) is 28.6 Å². The minimum absolute atomic E-state index is 0.221. The summed E-state index contributed by atoms with van der Waals surface area (Å²) in [6.07, 6.45) is 0. The number of ether oxygens (including phenoxy) is 1. The van der Waals surface area contributed by atoms with E-state index in [0.717, 1.165) is 5.69 Å². The van der Waals surface area contributed by atoms with Gasteiger partial charge in [0.15, 0.2) is 5.11 Å². The fraction of sp³-hybridized carbons (Fsp3) is 0.417. The number of benzene rings is 1. The molecule has 0 radical (unpaired) electrons. The van der Waals surface area contributed by atoms with E-state index in [9.17, 15) is 0 Å². The summed E-state index contributed by atoms with van der Waals surface area (Å²) in [5, 5.41) is 4.47. The molecule has 1 rings (SSSR count). The van der Waals surface area contributed by atoms with E-state index in [1.165, 1.54) is 0 Å². The quantitative estimate of drug-likeness (QED) is 0.852. The second-order valence-electron chi connectivity index (χ2n) is 3.86. The van der Waals surface area contributed by atoms with Crippen molar-refractivity contribution in [2.75, 3.05) is 26.1 Å². The van der Waals surface area contributed by atoms with Crippen LogP contribution in [0.1, 0.15) is 6.92 Å². The van der Waals surface area contributed by atoms with Crippen LogP contribution >= 0.6 is 23.8 Å². The van der Waals surface area contributed by atoms with Crippen molar-refractivity contribution >= 4 is 34.6 Å². The van der Waals surface area contributed by atoms with E-state index < -0.39 is 0 Å². The van der Waals surface area contributed by atoms with Gasteiger partial charge in [0.1, 0.15) is 0 Å². The van der Waals surface area contributed by atoms with Crippen LogP contribution in [0.2, 0.25) is 5.02 Å². The molecule has 0 heterocycles. The van der Waals surface area contributed by atoms with Gasteiger partial charge < -0.3 is 15.0 Å². The third-order valence-corrected chi connectivity index (χ3v) is 3.09. The Balaban J connectivity index is 2.60. The van der Waals surface area contributed by atoms with Gasteiger partial charge in [-0.15, -0.1) is 0 Å². The lowest BCUT2D eigenvalue weighted by atomic mass is 10.3. The highest BCUT2D eigenvalue weighted by Gasteiger charge is 2.12. The molecule has 0 amide bonds. The van der Waals surface area contributed by atoms with Crippen molar-refractivity contribution in [3.05, 3.63) is 29.3 Å². The molecule has 94 valence electrons. The summed E-state index contributed by atoms with van der Waals surface area (Å²) in [4.78, 5) is 1.96. The molecular formula is C12H17ClN2OS. The Labute approximate surface area is 113 Å². The van der Waals surface area contributed by atoms with Gasteiger partial charge in [0, 0.05) is 24.9 Å². The van der Waals surface area contributed by atoms with Crippen molar-refractivity contribution in [1.29, 1.82) is 0 Å². The van der Waals surface area contributed by atoms with Crippen molar-refractivity contribution in [2.24, 2.45) is 0 Å². The van der Waals surface area contributed by atoms with Crippen LogP contribution in [-0.2, 0) is 4.74 Å². The first-order chi connectivity index (χ1) is 8.04. The minimum Gasteiger partial charge on any atom is -0.383 e. The number of rotatable bonds is 4. The second kappa shape index (κ2) is 6.79. The van der Waals surface area contributed by atoms with Gasteiger partial charge in [0.25, 0.3) is 0 Å². The normalized spacial score (nSPS) is 12.0. The van der Waals surface area contributed by atoms with Gasteiger partial charge >= 0.3 is 0 Å². The van der Waals surface area contributed by atoms with Gasteiger partial charge in [0.05, 0.1) is 12.6 Å². The molecule has 17 heavy (non-hydrogen) atoms. The number of methoxy groups -OCH3 is 1. The largest absolute Gasteiger partial charge is 0.383 e. The molecule has 0 saturated heterocycles. The van der Waals surface area contributed by atoms with Gasteiger partial charge in [-0.25, -0.2) is 0 Å². The number of hydrogen-bond donors (Lipinski definition) is 1. The van der Waals surface area contributed by atoms with Crippen LogP contribution in [0.15, 0.2) is 24.3 Å². The summed E-state index contributed by atoms with van der Waals surface area (Å²) in [5.74, 6) is 0. The number of likely N-dealkylation sites (N-methyl/N-ethyl adjacent to an activating group) is 1. The summed E-state index contributed by atoms with van der Waals surface area (Å²) in [5.41, 5.74) is 0.888. The number of halogens is 1. The molecule has 3 nitrogen and oxygen atoms in total. The third kappa shape index (κ3) is 4.50. The first-order valence-electron chi connectivity index (χ1n) is 5.33. The molecule has 0 spiro atoms. The Morgan fingerprint density at radius 2 is 2.29 bits per heavy atom. The van der Waals surface area contributed by atoms with E-state index >= 15 is 0 Å². The molecule has 5 heteroatoms. The Kier molecular flexibility index (Phi) is 5.68. The SMILES string of the molecule is COC[C@H](C)N(C)C(=S)Nc1cccc(Cl)c1. The Bertz CT molecular complexity index is 387. The van der Waals surface area contributed by atoms with E-state index in [1.807, 2.05) is 36.2 Å². The standard InChI is InChI=1S/C12H17ClN2OS/c1-9(8-16-3)15(2)12(17)14-11-6-4-5-10(13)7-11/h4-7,9H,8H2,1-3H3,(H,14,17)/t9-/m0/s1. The van der Waals surface area contributed by atoms with Crippen LogP contribution in [-0.4, -0.2) is 36.8 Å². The highest BCUT2D eigenvalue weighted by atomic mass is 35.5. The van der Waals surface area contributed by atoms with Crippen LogP contribution in [0.5, 0.6) is 0 Å². The van der Waals surface area contributed by atoms with E-state index in [1.54, 1.807) is 7.11 Å². The van der Waals surface area contributed by atoms with Gasteiger partial charge in [-0.05, 0) is 37.3 Å². The fourth-order valence-electron chi connectivity index (χ4n) is 1.33. The van der Waals surface area contributed by atoms with Crippen molar-refractivity contribution in [3.63, 3.8) is 0 Å². The number of thiocarbonyl (C=S) groups is 1. The molecule has 0 unspecified atom stereocenters. The van der Waals surface area contributed by atoms with Crippen LogP contribution in [0.3, 0.4) is 0 Å². The lowest BCUT2D eigenvalue weighted by Crippen LogP contribution is -2.40. The smallest absolute Gasteiger partial charge is 0.173 e. The number of hydrogen-bond acceptors (Lipinski definition) is 2. The van der Waals surface area contributed by atoms with Crippen LogP contribution in [0, 0.1) is 0 Å². The van der Waals surface area contributed by atoms with E-state index in [0.29, 0.717) is 16.7 Å². The van der Waals surface area contributed by atoms with Crippen molar-refractivity contribution in [2.45, 2.75) is 13.0 Å². The summed E-state index contributed by atoms with van der Waals surface area (Å²) in [6.45, 7) is 2.68. The average molecular weight is 273 g/mol. The maximum absolute atomic E-state index is 5.90. The third-order valence-electron chi connectivity index (χ3n) is 2.47. The fourth-order valence-corrected chi connectivity index (χ4v) is 1.82. The molecule has 0 aliphatic carbocycles. The highest BCUT2D eigenvalue weighted by molar-refractivity contribution is 7.80. The molecule has 1 atom stereocenters. The van der Waals surface area contributed by atoms with Gasteiger partial charge in [0.2, 0.25) is 0 Å². The van der Waals surface area contributed by atoms with Crippen LogP contribution < -0.4 is 5.32 Å². The molecule has 0 aromatic heterocycles. The van der Waals surface area contributed by atoms with Gasteiger partial charge in [-0.3, -0.25) is 0 Å². The molecule has 0 fully saturated rings.